The minimum atomic E-state index is -0.693. The summed E-state index contributed by atoms with van der Waals surface area (Å²) in [6.07, 6.45) is 6.58. The molecule has 0 aliphatic rings. The number of benzene rings is 2. The molecule has 3 heterocycles. The number of ether oxygens (including phenoxy) is 1. The highest BCUT2D eigenvalue weighted by molar-refractivity contribution is 6.07. The van der Waals surface area contributed by atoms with E-state index < -0.39 is 6.09 Å². The Morgan fingerprint density at radius 3 is 2.40 bits per heavy atom. The molecule has 13 nitrogen and oxygen atoms in total. The zero-order chi connectivity index (χ0) is 35.3. The third kappa shape index (κ3) is 9.49. The third-order valence-electron chi connectivity index (χ3n) is 7.95. The van der Waals surface area contributed by atoms with Crippen molar-refractivity contribution in [3.05, 3.63) is 108 Å². The summed E-state index contributed by atoms with van der Waals surface area (Å²) < 4.78 is 7.11. The van der Waals surface area contributed by atoms with Gasteiger partial charge in [0, 0.05) is 49.2 Å². The van der Waals surface area contributed by atoms with Crippen molar-refractivity contribution >= 4 is 52.1 Å². The lowest BCUT2D eigenvalue weighted by atomic mass is 10.1. The normalized spacial score (nSPS) is 11.3. The molecule has 0 radical (unpaired) electrons. The Morgan fingerprint density at radius 2 is 1.68 bits per heavy atom. The van der Waals surface area contributed by atoms with Crippen LogP contribution in [0.4, 0.5) is 22.1 Å². The molecule has 5 aromatic rings. The van der Waals surface area contributed by atoms with E-state index in [1.165, 1.54) is 4.90 Å². The average Bonchev–Trinajstić information content (AvgIpc) is 3.45. The fourth-order valence-electron chi connectivity index (χ4n) is 5.21. The number of amidine groups is 1. The third-order valence-corrected chi connectivity index (χ3v) is 7.95. The van der Waals surface area contributed by atoms with E-state index in [9.17, 15) is 14.4 Å². The van der Waals surface area contributed by atoms with Crippen LogP contribution in [0.25, 0.3) is 11.0 Å². The Kier molecular flexibility index (Phi) is 12.2. The molecule has 5 rings (SSSR count). The van der Waals surface area contributed by atoms with Crippen molar-refractivity contribution in [3.63, 3.8) is 0 Å². The minimum Gasteiger partial charge on any atom is -0.448 e. The number of aryl methyl sites for hydroxylation is 1. The number of imidazole rings is 1. The number of nitrogens with two attached hydrogens (primary N) is 1. The average molecular weight is 676 g/mol. The summed E-state index contributed by atoms with van der Waals surface area (Å²) in [5.74, 6) is 1.15. The highest BCUT2D eigenvalue weighted by Gasteiger charge is 2.21. The lowest BCUT2D eigenvalue weighted by molar-refractivity contribution is -0.116. The number of aromatic nitrogens is 4. The Hall–Kier alpha value is -6.11. The fourth-order valence-corrected chi connectivity index (χ4v) is 5.21. The number of aliphatic imine (C=N–C) groups is 1. The molecule has 4 N–H and O–H groups in total. The molecule has 50 heavy (non-hydrogen) atoms. The van der Waals surface area contributed by atoms with Gasteiger partial charge in [0.05, 0.1) is 24.2 Å². The molecule has 0 saturated carbocycles. The van der Waals surface area contributed by atoms with Crippen molar-refractivity contribution in [3.8, 4) is 0 Å². The SMILES string of the molecule is CCCCCCOC(=O)/N=C(\N)c1ccc(NCc2nc3cc(C(=O)N(CCC(=O)Nc4ccccn4)c4ccccn4)ccc3n2C)cc1. The number of carbonyl (C=O) groups is 3. The van der Waals surface area contributed by atoms with Crippen LogP contribution in [0.2, 0.25) is 0 Å². The Balaban J connectivity index is 1.22. The van der Waals surface area contributed by atoms with E-state index in [-0.39, 0.29) is 30.6 Å². The van der Waals surface area contributed by atoms with E-state index >= 15 is 0 Å². The lowest BCUT2D eigenvalue weighted by Crippen LogP contribution is -2.34. The zero-order valence-corrected chi connectivity index (χ0v) is 28.2. The first-order valence-corrected chi connectivity index (χ1v) is 16.6. The molecule has 13 heteroatoms. The predicted molar refractivity (Wildman–Crippen MR) is 194 cm³/mol. The number of fused-ring (bicyclic) bond motifs is 1. The molecular weight excluding hydrogens is 634 g/mol. The van der Waals surface area contributed by atoms with Crippen LogP contribution in [0, 0.1) is 0 Å². The molecule has 0 spiro atoms. The van der Waals surface area contributed by atoms with Crippen LogP contribution in [-0.4, -0.2) is 56.4 Å². The van der Waals surface area contributed by atoms with E-state index in [1.807, 2.05) is 29.8 Å². The van der Waals surface area contributed by atoms with Crippen molar-refractivity contribution in [2.75, 3.05) is 28.7 Å². The van der Waals surface area contributed by atoms with Gasteiger partial charge in [0.25, 0.3) is 5.91 Å². The maximum absolute atomic E-state index is 13.8. The standard InChI is InChI=1S/C37H41N9O4/c1-3-4-5-10-23-50-37(49)44-35(38)26-13-16-28(17-14-26)41-25-33-42-29-24-27(15-18-30(29)45(33)2)36(48)46(32-12-7-9-21-40-32)22-19-34(47)43-31-11-6-8-20-39-31/h6-9,11-18,20-21,24,41H,3-5,10,19,22-23,25H2,1-2H3,(H2,38,44,49)(H,39,43,47). The van der Waals surface area contributed by atoms with Crippen molar-refractivity contribution in [1.29, 1.82) is 0 Å². The molecule has 3 amide bonds. The van der Waals surface area contributed by atoms with Crippen molar-refractivity contribution in [1.82, 2.24) is 19.5 Å². The number of rotatable bonds is 15. The molecule has 0 aliphatic carbocycles. The highest BCUT2D eigenvalue weighted by Crippen LogP contribution is 2.21. The summed E-state index contributed by atoms with van der Waals surface area (Å²) in [7, 11) is 1.91. The number of anilines is 3. The van der Waals surface area contributed by atoms with Gasteiger partial charge < -0.3 is 25.7 Å². The monoisotopic (exact) mass is 675 g/mol. The molecular formula is C37H41N9O4. The quantitative estimate of drug-likeness (QED) is 0.0677. The summed E-state index contributed by atoms with van der Waals surface area (Å²) in [6, 6.07) is 23.1. The number of unbranched alkanes of at least 4 members (excludes halogenated alkanes) is 3. The van der Waals surface area contributed by atoms with E-state index in [0.717, 1.165) is 42.7 Å². The van der Waals surface area contributed by atoms with Crippen molar-refractivity contribution in [2.24, 2.45) is 17.8 Å². The first kappa shape index (κ1) is 35.2. The van der Waals surface area contributed by atoms with Crippen LogP contribution in [0.1, 0.15) is 60.8 Å². The summed E-state index contributed by atoms with van der Waals surface area (Å²) in [5.41, 5.74) is 9.39. The maximum atomic E-state index is 13.8. The Morgan fingerprint density at radius 1 is 0.920 bits per heavy atom. The molecule has 3 aromatic heterocycles. The van der Waals surface area contributed by atoms with E-state index in [1.54, 1.807) is 73.1 Å². The van der Waals surface area contributed by atoms with Crippen LogP contribution >= 0.6 is 0 Å². The van der Waals surface area contributed by atoms with Gasteiger partial charge in [0.2, 0.25) is 5.91 Å². The fraction of sp³-hybridized carbons (Fsp3) is 0.270. The second-order valence-corrected chi connectivity index (χ2v) is 11.6. The smallest absolute Gasteiger partial charge is 0.435 e. The molecule has 0 aliphatic heterocycles. The van der Waals surface area contributed by atoms with E-state index in [0.29, 0.717) is 41.4 Å². The number of amides is 3. The number of hydrogen-bond donors (Lipinski definition) is 3. The second kappa shape index (κ2) is 17.3. The van der Waals surface area contributed by atoms with Gasteiger partial charge in [0.15, 0.2) is 0 Å². The summed E-state index contributed by atoms with van der Waals surface area (Å²) in [5, 5.41) is 6.11. The molecule has 258 valence electrons. The minimum absolute atomic E-state index is 0.0483. The van der Waals surface area contributed by atoms with Gasteiger partial charge in [-0.3, -0.25) is 14.5 Å². The number of nitrogens with zero attached hydrogens (tertiary/aromatic N) is 6. The molecule has 0 atom stereocenters. The van der Waals surface area contributed by atoms with Gasteiger partial charge in [0.1, 0.15) is 23.3 Å². The van der Waals surface area contributed by atoms with Crippen LogP contribution in [0.5, 0.6) is 0 Å². The lowest BCUT2D eigenvalue weighted by Gasteiger charge is -2.21. The van der Waals surface area contributed by atoms with Gasteiger partial charge in [-0.25, -0.2) is 19.7 Å². The molecule has 0 saturated heterocycles. The number of carbonyl (C=O) groups excluding carboxylic acids is 3. The van der Waals surface area contributed by atoms with Crippen LogP contribution in [-0.2, 0) is 23.1 Å². The van der Waals surface area contributed by atoms with Gasteiger partial charge >= 0.3 is 6.09 Å². The number of pyridine rings is 2. The second-order valence-electron chi connectivity index (χ2n) is 11.6. The topological polar surface area (TPSA) is 170 Å². The predicted octanol–water partition coefficient (Wildman–Crippen LogP) is 6.07. The van der Waals surface area contributed by atoms with Gasteiger partial charge in [-0.1, -0.05) is 38.3 Å². The van der Waals surface area contributed by atoms with Gasteiger partial charge in [-0.2, -0.15) is 4.99 Å². The van der Waals surface area contributed by atoms with Gasteiger partial charge in [-0.05, 0) is 73.2 Å². The number of nitrogens with one attached hydrogen (secondary N) is 2. The molecule has 0 bridgehead atoms. The maximum Gasteiger partial charge on any atom is 0.435 e. The van der Waals surface area contributed by atoms with Crippen molar-refractivity contribution < 1.29 is 19.1 Å². The first-order valence-electron chi connectivity index (χ1n) is 16.6. The summed E-state index contributed by atoms with van der Waals surface area (Å²) in [4.78, 5) is 57.1. The highest BCUT2D eigenvalue weighted by atomic mass is 16.5. The zero-order valence-electron chi connectivity index (χ0n) is 28.2. The summed E-state index contributed by atoms with van der Waals surface area (Å²) >= 11 is 0. The largest absolute Gasteiger partial charge is 0.448 e. The molecule has 2 aromatic carbocycles. The van der Waals surface area contributed by atoms with E-state index in [2.05, 4.69) is 32.5 Å². The molecule has 0 fully saturated rings. The Labute approximate surface area is 290 Å². The Bertz CT molecular complexity index is 1930. The van der Waals surface area contributed by atoms with Crippen LogP contribution < -0.4 is 21.3 Å². The van der Waals surface area contributed by atoms with Crippen LogP contribution in [0.3, 0.4) is 0 Å². The van der Waals surface area contributed by atoms with Crippen LogP contribution in [0.15, 0.2) is 96.2 Å². The number of hydrogen-bond acceptors (Lipinski definition) is 8. The first-order chi connectivity index (χ1) is 24.3. The van der Waals surface area contributed by atoms with Crippen molar-refractivity contribution in [2.45, 2.75) is 45.6 Å². The van der Waals surface area contributed by atoms with E-state index in [4.69, 9.17) is 15.5 Å². The summed E-state index contributed by atoms with van der Waals surface area (Å²) in [6.45, 7) is 2.98. The van der Waals surface area contributed by atoms with Gasteiger partial charge in [-0.15, -0.1) is 0 Å². The molecule has 0 unspecified atom stereocenters.